The summed E-state index contributed by atoms with van der Waals surface area (Å²) in [6.45, 7) is 12.6. The number of rotatable bonds is 4. The molecule has 1 aliphatic heterocycles. The first-order valence-corrected chi connectivity index (χ1v) is 5.94. The molecule has 0 saturated carbocycles. The fourth-order valence-corrected chi connectivity index (χ4v) is 2.06. The summed E-state index contributed by atoms with van der Waals surface area (Å²) in [5.74, 6) is 0. The molecule has 1 heterocycles. The van der Waals surface area contributed by atoms with Crippen molar-refractivity contribution in [2.45, 2.75) is 51.7 Å². The molecule has 0 unspecified atom stereocenters. The molecule has 0 bridgehead atoms. The molecule has 0 spiro atoms. The lowest BCUT2D eigenvalue weighted by molar-refractivity contribution is -0.0862. The van der Waals surface area contributed by atoms with E-state index in [1.54, 1.807) is 0 Å². The maximum Gasteiger partial charge on any atom is 0.0753 e. The lowest BCUT2D eigenvalue weighted by Crippen LogP contribution is -2.48. The molecule has 0 amide bonds. The summed E-state index contributed by atoms with van der Waals surface area (Å²) in [6, 6.07) is 0. The van der Waals surface area contributed by atoms with Gasteiger partial charge < -0.3 is 10.5 Å². The summed E-state index contributed by atoms with van der Waals surface area (Å²) in [7, 11) is 0. The van der Waals surface area contributed by atoms with Gasteiger partial charge >= 0.3 is 0 Å². The molecule has 3 heteroatoms. The van der Waals surface area contributed by atoms with Crippen LogP contribution in [-0.2, 0) is 4.74 Å². The molecule has 1 fully saturated rings. The Bertz CT molecular complexity index is 196. The topological polar surface area (TPSA) is 38.5 Å². The van der Waals surface area contributed by atoms with E-state index in [9.17, 15) is 0 Å². The molecule has 1 saturated heterocycles. The predicted octanol–water partition coefficient (Wildman–Crippen LogP) is 1.61. The molecular formula is C12H26N2O. The summed E-state index contributed by atoms with van der Waals surface area (Å²) in [6.07, 6.45) is 2.27. The zero-order chi connectivity index (χ0) is 11.5. The third kappa shape index (κ3) is 5.50. The molecule has 0 radical (unpaired) electrons. The van der Waals surface area contributed by atoms with Crippen molar-refractivity contribution >= 4 is 0 Å². The highest BCUT2D eigenvalue weighted by atomic mass is 16.5. The Labute approximate surface area is 94.0 Å². The van der Waals surface area contributed by atoms with Gasteiger partial charge in [-0.3, -0.25) is 4.90 Å². The maximum absolute atomic E-state index is 5.96. The smallest absolute Gasteiger partial charge is 0.0753 e. The van der Waals surface area contributed by atoms with Gasteiger partial charge in [-0.2, -0.15) is 0 Å². The molecule has 1 aliphatic rings. The van der Waals surface area contributed by atoms with Crippen molar-refractivity contribution in [1.29, 1.82) is 0 Å². The molecule has 90 valence electrons. The highest BCUT2D eigenvalue weighted by molar-refractivity contribution is 4.80. The number of hydrogen-bond donors (Lipinski definition) is 1. The van der Waals surface area contributed by atoms with E-state index in [0.29, 0.717) is 0 Å². The summed E-state index contributed by atoms with van der Waals surface area (Å²) < 4.78 is 5.68. The largest absolute Gasteiger partial charge is 0.373 e. The summed E-state index contributed by atoms with van der Waals surface area (Å²) in [5.41, 5.74) is 5.96. The molecule has 0 aromatic heterocycles. The van der Waals surface area contributed by atoms with Gasteiger partial charge in [0.2, 0.25) is 0 Å². The molecule has 1 rings (SSSR count). The normalized spacial score (nSPS) is 23.0. The number of nitrogens with two attached hydrogens (primary N) is 1. The van der Waals surface area contributed by atoms with Gasteiger partial charge in [0, 0.05) is 18.6 Å². The number of morpholine rings is 1. The molecule has 0 aromatic carbocycles. The first-order valence-electron chi connectivity index (χ1n) is 5.94. The first kappa shape index (κ1) is 12.9. The monoisotopic (exact) mass is 214 g/mol. The van der Waals surface area contributed by atoms with Crippen molar-refractivity contribution in [3.8, 4) is 0 Å². The van der Waals surface area contributed by atoms with E-state index in [2.05, 4.69) is 32.6 Å². The van der Waals surface area contributed by atoms with Gasteiger partial charge in [0.05, 0.1) is 12.2 Å². The lowest BCUT2D eigenvalue weighted by atomic mass is 9.99. The van der Waals surface area contributed by atoms with Crippen molar-refractivity contribution in [2.24, 2.45) is 5.73 Å². The van der Waals surface area contributed by atoms with Crippen LogP contribution in [0.2, 0.25) is 0 Å². The molecule has 0 aromatic rings. The molecule has 3 nitrogen and oxygen atoms in total. The van der Waals surface area contributed by atoms with Crippen LogP contribution in [0, 0.1) is 0 Å². The molecule has 2 N–H and O–H groups in total. The standard InChI is InChI=1S/C12H26N2O/c1-11(2,13)6-5-7-14-8-9-15-12(3,4)10-14/h5-10,13H2,1-4H3. The van der Waals surface area contributed by atoms with Crippen molar-refractivity contribution in [3.05, 3.63) is 0 Å². The summed E-state index contributed by atoms with van der Waals surface area (Å²) in [4.78, 5) is 2.48. The van der Waals surface area contributed by atoms with Gasteiger partial charge in [-0.25, -0.2) is 0 Å². The van der Waals surface area contributed by atoms with Gasteiger partial charge in [-0.1, -0.05) is 0 Å². The van der Waals surface area contributed by atoms with Crippen LogP contribution >= 0.6 is 0 Å². The van der Waals surface area contributed by atoms with E-state index in [-0.39, 0.29) is 11.1 Å². The Morgan fingerprint density at radius 1 is 1.40 bits per heavy atom. The van der Waals surface area contributed by atoms with Gasteiger partial charge in [-0.05, 0) is 47.1 Å². The van der Waals surface area contributed by atoms with Crippen LogP contribution < -0.4 is 5.73 Å². The van der Waals surface area contributed by atoms with E-state index in [1.165, 1.54) is 6.42 Å². The van der Waals surface area contributed by atoms with Crippen LogP contribution in [-0.4, -0.2) is 42.3 Å². The maximum atomic E-state index is 5.96. The SMILES string of the molecule is CC(C)(N)CCCN1CCOC(C)(C)C1. The Morgan fingerprint density at radius 2 is 2.07 bits per heavy atom. The summed E-state index contributed by atoms with van der Waals surface area (Å²) in [5, 5.41) is 0. The third-order valence-electron chi connectivity index (χ3n) is 2.80. The minimum atomic E-state index is -0.0260. The Morgan fingerprint density at radius 3 is 2.60 bits per heavy atom. The van der Waals surface area contributed by atoms with Crippen molar-refractivity contribution in [3.63, 3.8) is 0 Å². The van der Waals surface area contributed by atoms with Crippen LogP contribution in [0.4, 0.5) is 0 Å². The minimum absolute atomic E-state index is 0.0243. The Kier molecular flexibility index (Phi) is 4.15. The zero-order valence-corrected chi connectivity index (χ0v) is 10.7. The van der Waals surface area contributed by atoms with E-state index in [0.717, 1.165) is 32.7 Å². The molecule has 15 heavy (non-hydrogen) atoms. The molecule has 0 atom stereocenters. The second kappa shape index (κ2) is 4.81. The highest BCUT2D eigenvalue weighted by Crippen LogP contribution is 2.17. The Hall–Kier alpha value is -0.120. The number of hydrogen-bond acceptors (Lipinski definition) is 3. The molecule has 0 aliphatic carbocycles. The Balaban J connectivity index is 2.22. The van der Waals surface area contributed by atoms with Gasteiger partial charge in [0.25, 0.3) is 0 Å². The van der Waals surface area contributed by atoms with E-state index in [1.807, 2.05) is 0 Å². The average Bonchev–Trinajstić information content (AvgIpc) is 1.99. The predicted molar refractivity (Wildman–Crippen MR) is 64.0 cm³/mol. The van der Waals surface area contributed by atoms with E-state index < -0.39 is 0 Å². The van der Waals surface area contributed by atoms with Crippen LogP contribution in [0.15, 0.2) is 0 Å². The third-order valence-corrected chi connectivity index (χ3v) is 2.80. The van der Waals surface area contributed by atoms with Crippen molar-refractivity contribution in [1.82, 2.24) is 4.90 Å². The van der Waals surface area contributed by atoms with Crippen LogP contribution in [0.5, 0.6) is 0 Å². The fourth-order valence-electron chi connectivity index (χ4n) is 2.06. The average molecular weight is 214 g/mol. The van der Waals surface area contributed by atoms with Crippen molar-refractivity contribution in [2.75, 3.05) is 26.2 Å². The van der Waals surface area contributed by atoms with Gasteiger partial charge in [-0.15, -0.1) is 0 Å². The number of ether oxygens (including phenoxy) is 1. The second-order valence-electron chi connectivity index (χ2n) is 5.98. The summed E-state index contributed by atoms with van der Waals surface area (Å²) >= 11 is 0. The fraction of sp³-hybridized carbons (Fsp3) is 1.00. The quantitative estimate of drug-likeness (QED) is 0.773. The lowest BCUT2D eigenvalue weighted by Gasteiger charge is -2.38. The van der Waals surface area contributed by atoms with E-state index >= 15 is 0 Å². The van der Waals surface area contributed by atoms with Gasteiger partial charge in [0.15, 0.2) is 0 Å². The minimum Gasteiger partial charge on any atom is -0.373 e. The first-order chi connectivity index (χ1) is 6.79. The van der Waals surface area contributed by atoms with Crippen LogP contribution in [0.3, 0.4) is 0 Å². The number of nitrogens with zero attached hydrogens (tertiary/aromatic N) is 1. The van der Waals surface area contributed by atoms with Crippen LogP contribution in [0.1, 0.15) is 40.5 Å². The second-order valence-corrected chi connectivity index (χ2v) is 5.98. The van der Waals surface area contributed by atoms with E-state index in [4.69, 9.17) is 10.5 Å². The van der Waals surface area contributed by atoms with Crippen LogP contribution in [0.25, 0.3) is 0 Å². The zero-order valence-electron chi connectivity index (χ0n) is 10.7. The molecular weight excluding hydrogens is 188 g/mol. The highest BCUT2D eigenvalue weighted by Gasteiger charge is 2.26. The van der Waals surface area contributed by atoms with Gasteiger partial charge in [0.1, 0.15) is 0 Å². The van der Waals surface area contributed by atoms with Crippen molar-refractivity contribution < 1.29 is 4.74 Å².